The largest absolute Gasteiger partial charge is 0.375 e. The van der Waals surface area contributed by atoms with Crippen LogP contribution in [0.4, 0.5) is 5.13 Å². The summed E-state index contributed by atoms with van der Waals surface area (Å²) in [6.07, 6.45) is 2.12. The second-order valence-electron chi connectivity index (χ2n) is 2.95. The van der Waals surface area contributed by atoms with Crippen molar-refractivity contribution >= 4 is 27.8 Å². The third-order valence-electron chi connectivity index (χ3n) is 1.88. The number of hydrogen-bond donors (Lipinski definition) is 1. The molecule has 0 saturated heterocycles. The Morgan fingerprint density at radius 2 is 2.29 bits per heavy atom. The van der Waals surface area contributed by atoms with Gasteiger partial charge in [0.2, 0.25) is 0 Å². The molecule has 0 fully saturated rings. The molecule has 2 heterocycles. The molecular formula is C9H11N3S2. The van der Waals surface area contributed by atoms with Crippen LogP contribution in [0.5, 0.6) is 0 Å². The SMILES string of the molecule is CCCc1ncsc1-c1csc(N)n1. The van der Waals surface area contributed by atoms with Gasteiger partial charge in [-0.1, -0.05) is 13.3 Å². The number of nitrogens with zero attached hydrogens (tertiary/aromatic N) is 2. The summed E-state index contributed by atoms with van der Waals surface area (Å²) in [5, 5.41) is 2.61. The van der Waals surface area contributed by atoms with E-state index in [4.69, 9.17) is 5.73 Å². The molecule has 0 unspecified atom stereocenters. The van der Waals surface area contributed by atoms with E-state index < -0.39 is 0 Å². The molecule has 0 aliphatic rings. The fraction of sp³-hybridized carbons (Fsp3) is 0.333. The second-order valence-corrected chi connectivity index (χ2v) is 4.69. The Labute approximate surface area is 90.6 Å². The monoisotopic (exact) mass is 225 g/mol. The van der Waals surface area contributed by atoms with E-state index >= 15 is 0 Å². The number of anilines is 1. The van der Waals surface area contributed by atoms with Gasteiger partial charge in [-0.05, 0) is 6.42 Å². The molecule has 2 rings (SSSR count). The normalized spacial score (nSPS) is 10.6. The lowest BCUT2D eigenvalue weighted by atomic mass is 10.2. The molecule has 0 aliphatic heterocycles. The molecule has 0 bridgehead atoms. The maximum absolute atomic E-state index is 5.60. The zero-order valence-corrected chi connectivity index (χ0v) is 9.49. The molecule has 0 aromatic carbocycles. The van der Waals surface area contributed by atoms with Crippen LogP contribution in [0.3, 0.4) is 0 Å². The highest BCUT2D eigenvalue weighted by atomic mass is 32.1. The summed E-state index contributed by atoms with van der Waals surface area (Å²) >= 11 is 3.11. The minimum Gasteiger partial charge on any atom is -0.375 e. The van der Waals surface area contributed by atoms with Crippen LogP contribution in [-0.4, -0.2) is 9.97 Å². The fourth-order valence-corrected chi connectivity index (χ4v) is 2.71. The summed E-state index contributed by atoms with van der Waals surface area (Å²) in [5.41, 5.74) is 9.58. The third kappa shape index (κ3) is 1.78. The molecule has 0 radical (unpaired) electrons. The van der Waals surface area contributed by atoms with E-state index in [1.165, 1.54) is 16.2 Å². The molecule has 3 nitrogen and oxygen atoms in total. The lowest BCUT2D eigenvalue weighted by Gasteiger charge is -1.95. The zero-order chi connectivity index (χ0) is 9.97. The van der Waals surface area contributed by atoms with Crippen molar-refractivity contribution in [1.82, 2.24) is 9.97 Å². The predicted octanol–water partition coefficient (Wildman–Crippen LogP) is 2.80. The van der Waals surface area contributed by atoms with Gasteiger partial charge in [0.05, 0.1) is 21.8 Å². The van der Waals surface area contributed by atoms with Crippen molar-refractivity contribution in [3.63, 3.8) is 0 Å². The van der Waals surface area contributed by atoms with Crippen LogP contribution in [0, 0.1) is 0 Å². The van der Waals surface area contributed by atoms with Gasteiger partial charge in [-0.3, -0.25) is 0 Å². The summed E-state index contributed by atoms with van der Waals surface area (Å²) in [7, 11) is 0. The van der Waals surface area contributed by atoms with E-state index in [0.717, 1.165) is 24.2 Å². The van der Waals surface area contributed by atoms with Gasteiger partial charge in [-0.15, -0.1) is 22.7 Å². The van der Waals surface area contributed by atoms with Crippen molar-refractivity contribution in [3.05, 3.63) is 16.6 Å². The molecule has 0 spiro atoms. The first-order valence-electron chi connectivity index (χ1n) is 4.45. The molecule has 2 aromatic heterocycles. The van der Waals surface area contributed by atoms with Crippen LogP contribution >= 0.6 is 22.7 Å². The molecule has 0 atom stereocenters. The van der Waals surface area contributed by atoms with Crippen LogP contribution in [0.2, 0.25) is 0 Å². The van der Waals surface area contributed by atoms with E-state index in [0.29, 0.717) is 5.13 Å². The summed E-state index contributed by atoms with van der Waals surface area (Å²) in [4.78, 5) is 9.76. The third-order valence-corrected chi connectivity index (χ3v) is 3.45. The summed E-state index contributed by atoms with van der Waals surface area (Å²) in [5.74, 6) is 0. The molecule has 0 saturated carbocycles. The maximum atomic E-state index is 5.60. The molecular weight excluding hydrogens is 214 g/mol. The van der Waals surface area contributed by atoms with E-state index in [1.54, 1.807) is 11.3 Å². The van der Waals surface area contributed by atoms with Crippen LogP contribution < -0.4 is 5.73 Å². The summed E-state index contributed by atoms with van der Waals surface area (Å²) in [6, 6.07) is 0. The van der Waals surface area contributed by atoms with Gasteiger partial charge in [0.15, 0.2) is 5.13 Å². The average Bonchev–Trinajstić information content (AvgIpc) is 2.74. The van der Waals surface area contributed by atoms with Gasteiger partial charge < -0.3 is 5.73 Å². The lowest BCUT2D eigenvalue weighted by Crippen LogP contribution is -1.87. The number of thiazole rings is 2. The van der Waals surface area contributed by atoms with Crippen molar-refractivity contribution in [2.45, 2.75) is 19.8 Å². The Bertz CT molecular complexity index is 419. The lowest BCUT2D eigenvalue weighted by molar-refractivity contribution is 0.894. The highest BCUT2D eigenvalue weighted by Gasteiger charge is 2.10. The maximum Gasteiger partial charge on any atom is 0.180 e. The minimum absolute atomic E-state index is 0.621. The smallest absolute Gasteiger partial charge is 0.180 e. The number of rotatable bonds is 3. The Morgan fingerprint density at radius 3 is 2.93 bits per heavy atom. The van der Waals surface area contributed by atoms with E-state index in [2.05, 4.69) is 16.9 Å². The Morgan fingerprint density at radius 1 is 1.43 bits per heavy atom. The number of nitrogen functional groups attached to an aromatic ring is 1. The Hall–Kier alpha value is -0.940. The molecule has 14 heavy (non-hydrogen) atoms. The molecule has 0 aliphatic carbocycles. The first kappa shape index (κ1) is 9.61. The second kappa shape index (κ2) is 4.06. The van der Waals surface area contributed by atoms with Crippen molar-refractivity contribution in [3.8, 4) is 10.6 Å². The Kier molecular flexibility index (Phi) is 2.79. The summed E-state index contributed by atoms with van der Waals surface area (Å²) < 4.78 is 0. The van der Waals surface area contributed by atoms with E-state index in [9.17, 15) is 0 Å². The molecule has 2 N–H and O–H groups in total. The van der Waals surface area contributed by atoms with Crippen molar-refractivity contribution in [1.29, 1.82) is 0 Å². The van der Waals surface area contributed by atoms with Gasteiger partial charge in [-0.2, -0.15) is 0 Å². The fourth-order valence-electron chi connectivity index (χ4n) is 1.28. The molecule has 74 valence electrons. The minimum atomic E-state index is 0.621. The molecule has 0 amide bonds. The highest BCUT2D eigenvalue weighted by Crippen LogP contribution is 2.30. The van der Waals surface area contributed by atoms with Crippen LogP contribution in [-0.2, 0) is 6.42 Å². The van der Waals surface area contributed by atoms with Crippen LogP contribution in [0.1, 0.15) is 19.0 Å². The quantitative estimate of drug-likeness (QED) is 0.874. The van der Waals surface area contributed by atoms with Crippen molar-refractivity contribution in [2.24, 2.45) is 0 Å². The van der Waals surface area contributed by atoms with Gasteiger partial charge >= 0.3 is 0 Å². The van der Waals surface area contributed by atoms with E-state index in [1.807, 2.05) is 10.9 Å². The molecule has 2 aromatic rings. The van der Waals surface area contributed by atoms with Crippen molar-refractivity contribution in [2.75, 3.05) is 5.73 Å². The van der Waals surface area contributed by atoms with E-state index in [-0.39, 0.29) is 0 Å². The highest BCUT2D eigenvalue weighted by molar-refractivity contribution is 7.15. The number of aryl methyl sites for hydroxylation is 1. The molecule has 5 heteroatoms. The number of hydrogen-bond acceptors (Lipinski definition) is 5. The standard InChI is InChI=1S/C9H11N3S2/c1-2-3-6-8(14-5-11-6)7-4-13-9(10)12-7/h4-5H,2-3H2,1H3,(H2,10,12). The number of aromatic nitrogens is 2. The average molecular weight is 225 g/mol. The van der Waals surface area contributed by atoms with Crippen LogP contribution in [0.25, 0.3) is 10.6 Å². The predicted molar refractivity (Wildman–Crippen MR) is 61.6 cm³/mol. The topological polar surface area (TPSA) is 51.8 Å². The number of nitrogens with two attached hydrogens (primary N) is 1. The van der Waals surface area contributed by atoms with Gasteiger partial charge in [-0.25, -0.2) is 9.97 Å². The Balaban J connectivity index is 2.36. The van der Waals surface area contributed by atoms with Crippen LogP contribution in [0.15, 0.2) is 10.9 Å². The van der Waals surface area contributed by atoms with Gasteiger partial charge in [0.1, 0.15) is 0 Å². The van der Waals surface area contributed by atoms with Gasteiger partial charge in [0, 0.05) is 5.38 Å². The first-order chi connectivity index (χ1) is 6.81. The van der Waals surface area contributed by atoms with Gasteiger partial charge in [0.25, 0.3) is 0 Å². The zero-order valence-electron chi connectivity index (χ0n) is 7.86. The first-order valence-corrected chi connectivity index (χ1v) is 6.21. The summed E-state index contributed by atoms with van der Waals surface area (Å²) in [6.45, 7) is 2.15. The van der Waals surface area contributed by atoms with Crippen molar-refractivity contribution < 1.29 is 0 Å².